The Morgan fingerprint density at radius 1 is 0.800 bits per heavy atom. The predicted octanol–water partition coefficient (Wildman–Crippen LogP) is 5.29. The van der Waals surface area contributed by atoms with E-state index >= 15 is 0 Å². The number of fused-ring (bicyclic) bond motifs is 2. The fraction of sp³-hybridized carbons (Fsp3) is 0. The summed E-state index contributed by atoms with van der Waals surface area (Å²) in [7, 11) is 0. The van der Waals surface area contributed by atoms with E-state index in [4.69, 9.17) is 23.2 Å². The fourth-order valence-electron chi connectivity index (χ4n) is 1.60. The lowest BCUT2D eigenvalue weighted by molar-refractivity contribution is 1.23. The lowest BCUT2D eigenvalue weighted by Gasteiger charge is -1.88. The van der Waals surface area contributed by atoms with E-state index < -0.39 is 0 Å². The summed E-state index contributed by atoms with van der Waals surface area (Å²) in [6, 6.07) is 5.69. The van der Waals surface area contributed by atoms with Gasteiger partial charge in [-0.2, -0.15) is 0 Å². The van der Waals surface area contributed by atoms with Crippen LogP contribution in [-0.2, 0) is 0 Å². The molecule has 0 atom stereocenters. The van der Waals surface area contributed by atoms with Crippen LogP contribution in [0.5, 0.6) is 0 Å². The van der Waals surface area contributed by atoms with Gasteiger partial charge in [0, 0.05) is 6.20 Å². The lowest BCUT2D eigenvalue weighted by Crippen LogP contribution is -1.76. The minimum absolute atomic E-state index is 0.542. The number of pyridine rings is 1. The van der Waals surface area contributed by atoms with E-state index in [9.17, 15) is 0 Å². The first-order valence-corrected chi connectivity index (χ1v) is 8.08. The van der Waals surface area contributed by atoms with E-state index in [1.165, 1.54) is 6.33 Å². The number of aromatic nitrogens is 3. The third-order valence-corrected chi connectivity index (χ3v) is 5.17. The molecule has 0 fully saturated rings. The molecule has 3 nitrogen and oxygen atoms in total. The first-order valence-electron chi connectivity index (χ1n) is 5.57. The van der Waals surface area contributed by atoms with Gasteiger partial charge in [-0.1, -0.05) is 23.2 Å². The van der Waals surface area contributed by atoms with Gasteiger partial charge >= 0.3 is 0 Å². The zero-order valence-corrected chi connectivity index (χ0v) is 13.1. The van der Waals surface area contributed by atoms with Gasteiger partial charge in [0.1, 0.15) is 11.5 Å². The second-order valence-electron chi connectivity index (χ2n) is 3.73. The van der Waals surface area contributed by atoms with Gasteiger partial charge in [0.15, 0.2) is 0 Å². The van der Waals surface area contributed by atoms with Gasteiger partial charge < -0.3 is 0 Å². The van der Waals surface area contributed by atoms with Crippen LogP contribution in [0.1, 0.15) is 0 Å². The van der Waals surface area contributed by atoms with Crippen LogP contribution < -0.4 is 0 Å². The summed E-state index contributed by atoms with van der Waals surface area (Å²) in [4.78, 5) is 12.0. The normalized spacial score (nSPS) is 10.5. The highest BCUT2D eigenvalue weighted by Gasteiger charge is 1.99. The molecule has 0 spiro atoms. The molecular formula is C13H7Cl2N3S2. The SMILES string of the molecule is Clc1ccnc2ccsc12.Clc1ncnc2ccsc12. The van der Waals surface area contributed by atoms with Crippen LogP contribution in [0, 0.1) is 0 Å². The number of rotatable bonds is 0. The second kappa shape index (κ2) is 6.01. The standard InChI is InChI=1S/C7H4ClNS.C6H3ClN2S/c8-5-1-3-9-6-2-4-10-7(5)6;7-6-5-4(1-2-10-5)8-3-9-6/h1-4H;1-3H. The van der Waals surface area contributed by atoms with Gasteiger partial charge in [-0.25, -0.2) is 9.97 Å². The largest absolute Gasteiger partial charge is 0.255 e. The molecule has 0 radical (unpaired) electrons. The Labute approximate surface area is 132 Å². The molecule has 0 amide bonds. The smallest absolute Gasteiger partial charge is 0.150 e. The van der Waals surface area contributed by atoms with E-state index in [0.717, 1.165) is 25.5 Å². The predicted molar refractivity (Wildman–Crippen MR) is 87.1 cm³/mol. The highest BCUT2D eigenvalue weighted by atomic mass is 35.5. The Morgan fingerprint density at radius 3 is 2.20 bits per heavy atom. The van der Waals surface area contributed by atoms with Crippen LogP contribution in [0.25, 0.3) is 20.4 Å². The van der Waals surface area contributed by atoms with Gasteiger partial charge in [-0.3, -0.25) is 4.98 Å². The van der Waals surface area contributed by atoms with Crippen molar-refractivity contribution in [3.05, 3.63) is 51.7 Å². The molecule has 0 aliphatic rings. The van der Waals surface area contributed by atoms with E-state index in [-0.39, 0.29) is 0 Å². The highest BCUT2D eigenvalue weighted by Crippen LogP contribution is 2.26. The summed E-state index contributed by atoms with van der Waals surface area (Å²) in [5.74, 6) is 0. The minimum atomic E-state index is 0.542. The minimum Gasteiger partial charge on any atom is -0.255 e. The maximum Gasteiger partial charge on any atom is 0.150 e. The zero-order chi connectivity index (χ0) is 13.9. The summed E-state index contributed by atoms with van der Waals surface area (Å²) in [5, 5.41) is 5.27. The maximum atomic E-state index is 5.87. The van der Waals surface area contributed by atoms with Crippen molar-refractivity contribution in [3.63, 3.8) is 0 Å². The molecule has 4 heterocycles. The molecule has 0 aliphatic carbocycles. The van der Waals surface area contributed by atoms with Gasteiger partial charge in [-0.15, -0.1) is 22.7 Å². The average Bonchev–Trinajstić information content (AvgIpc) is 3.08. The number of halogens is 2. The molecular weight excluding hydrogens is 333 g/mol. The molecule has 20 heavy (non-hydrogen) atoms. The van der Waals surface area contributed by atoms with E-state index in [1.54, 1.807) is 34.9 Å². The molecule has 4 aromatic rings. The second-order valence-corrected chi connectivity index (χ2v) is 6.32. The van der Waals surface area contributed by atoms with Crippen molar-refractivity contribution in [1.82, 2.24) is 15.0 Å². The van der Waals surface area contributed by atoms with Gasteiger partial charge in [-0.05, 0) is 29.0 Å². The number of hydrogen-bond acceptors (Lipinski definition) is 5. The van der Waals surface area contributed by atoms with Gasteiger partial charge in [0.25, 0.3) is 0 Å². The maximum absolute atomic E-state index is 5.87. The van der Waals surface area contributed by atoms with Crippen LogP contribution in [0.4, 0.5) is 0 Å². The molecule has 100 valence electrons. The van der Waals surface area contributed by atoms with Crippen molar-refractivity contribution in [1.29, 1.82) is 0 Å². The Balaban J connectivity index is 0.000000121. The monoisotopic (exact) mass is 339 g/mol. The molecule has 0 N–H and O–H groups in total. The molecule has 0 aromatic carbocycles. The first-order chi connectivity index (χ1) is 9.75. The van der Waals surface area contributed by atoms with Crippen LogP contribution in [0.2, 0.25) is 10.2 Å². The lowest BCUT2D eigenvalue weighted by atomic mass is 10.4. The van der Waals surface area contributed by atoms with Crippen LogP contribution >= 0.6 is 45.9 Å². The van der Waals surface area contributed by atoms with Gasteiger partial charge in [0.05, 0.1) is 25.5 Å². The van der Waals surface area contributed by atoms with Crippen LogP contribution in [0.15, 0.2) is 41.5 Å². The summed E-state index contributed by atoms with van der Waals surface area (Å²) in [6.07, 6.45) is 3.19. The van der Waals surface area contributed by atoms with E-state index in [2.05, 4.69) is 15.0 Å². The number of nitrogens with zero attached hydrogens (tertiary/aromatic N) is 3. The Hall–Kier alpha value is -1.27. The Bertz CT molecular complexity index is 785. The summed E-state index contributed by atoms with van der Waals surface area (Å²) < 4.78 is 2.04. The molecule has 4 rings (SSSR count). The van der Waals surface area contributed by atoms with E-state index in [0.29, 0.717) is 5.15 Å². The molecule has 4 aromatic heterocycles. The number of hydrogen-bond donors (Lipinski definition) is 0. The number of thiophene rings is 2. The Morgan fingerprint density at radius 2 is 1.50 bits per heavy atom. The van der Waals surface area contributed by atoms with Crippen LogP contribution in [0.3, 0.4) is 0 Å². The molecule has 0 saturated carbocycles. The molecule has 0 saturated heterocycles. The third kappa shape index (κ3) is 2.76. The average molecular weight is 340 g/mol. The topological polar surface area (TPSA) is 38.7 Å². The molecule has 7 heteroatoms. The van der Waals surface area contributed by atoms with Crippen molar-refractivity contribution in [3.8, 4) is 0 Å². The molecule has 0 unspecified atom stereocenters. The van der Waals surface area contributed by atoms with Crippen molar-refractivity contribution < 1.29 is 0 Å². The highest BCUT2D eigenvalue weighted by molar-refractivity contribution is 7.18. The van der Waals surface area contributed by atoms with Crippen LogP contribution in [-0.4, -0.2) is 15.0 Å². The van der Waals surface area contributed by atoms with Crippen molar-refractivity contribution >= 4 is 66.3 Å². The van der Waals surface area contributed by atoms with E-state index in [1.807, 2.05) is 22.9 Å². The summed E-state index contributed by atoms with van der Waals surface area (Å²) >= 11 is 14.8. The first kappa shape index (κ1) is 13.7. The van der Waals surface area contributed by atoms with Crippen molar-refractivity contribution in [2.75, 3.05) is 0 Å². The molecule has 0 bridgehead atoms. The summed E-state index contributed by atoms with van der Waals surface area (Å²) in [6.45, 7) is 0. The fourth-order valence-corrected chi connectivity index (χ4v) is 3.64. The Kier molecular flexibility index (Phi) is 4.12. The van der Waals surface area contributed by atoms with Crippen molar-refractivity contribution in [2.24, 2.45) is 0 Å². The van der Waals surface area contributed by atoms with Gasteiger partial charge in [0.2, 0.25) is 0 Å². The quantitative estimate of drug-likeness (QED) is 0.408. The third-order valence-electron chi connectivity index (χ3n) is 2.50. The zero-order valence-electron chi connectivity index (χ0n) is 9.96. The molecule has 0 aliphatic heterocycles. The van der Waals surface area contributed by atoms with Crippen molar-refractivity contribution in [2.45, 2.75) is 0 Å². The summed E-state index contributed by atoms with van der Waals surface area (Å²) in [5.41, 5.74) is 1.91.